The van der Waals surface area contributed by atoms with Gasteiger partial charge < -0.3 is 5.73 Å². The van der Waals surface area contributed by atoms with Crippen molar-refractivity contribution in [3.63, 3.8) is 0 Å². The van der Waals surface area contributed by atoms with Crippen molar-refractivity contribution >= 4 is 44.9 Å². The molecule has 0 aliphatic carbocycles. The summed E-state index contributed by atoms with van der Waals surface area (Å²) in [7, 11) is 0. The molecule has 1 amide bonds. The molecule has 2 N–H and O–H groups in total. The van der Waals surface area contributed by atoms with Crippen molar-refractivity contribution in [2.75, 3.05) is 0 Å². The molecule has 8 nitrogen and oxygen atoms in total. The second-order valence-corrected chi connectivity index (χ2v) is 8.85. The van der Waals surface area contributed by atoms with Crippen LogP contribution in [0.4, 0.5) is 5.69 Å². The summed E-state index contributed by atoms with van der Waals surface area (Å²) in [5, 5.41) is 14.4. The largest absolute Gasteiger partial charge is 0.366 e. The van der Waals surface area contributed by atoms with E-state index >= 15 is 0 Å². The van der Waals surface area contributed by atoms with Crippen LogP contribution in [0, 0.1) is 10.1 Å². The molecule has 2 heterocycles. The van der Waals surface area contributed by atoms with Gasteiger partial charge in [-0.25, -0.2) is 4.98 Å². The molecule has 0 unspecified atom stereocenters. The number of rotatable bonds is 8. The normalized spacial score (nSPS) is 10.9. The van der Waals surface area contributed by atoms with E-state index in [1.807, 2.05) is 35.7 Å². The first-order valence-electron chi connectivity index (χ1n) is 9.79. The second-order valence-electron chi connectivity index (χ2n) is 7.05. The number of aromatic nitrogens is 2. The summed E-state index contributed by atoms with van der Waals surface area (Å²) in [6.07, 6.45) is 1.61. The van der Waals surface area contributed by atoms with Crippen LogP contribution in [0.5, 0.6) is 0 Å². The maximum atomic E-state index is 13.4. The lowest BCUT2D eigenvalue weighted by atomic mass is 10.1. The Morgan fingerprint density at radius 2 is 2.03 bits per heavy atom. The van der Waals surface area contributed by atoms with E-state index in [1.54, 1.807) is 6.08 Å². The van der Waals surface area contributed by atoms with Crippen LogP contribution < -0.4 is 11.3 Å². The highest BCUT2D eigenvalue weighted by atomic mass is 32.2. The predicted molar refractivity (Wildman–Crippen MR) is 131 cm³/mol. The molecule has 10 heteroatoms. The van der Waals surface area contributed by atoms with Gasteiger partial charge in [-0.15, -0.1) is 17.9 Å². The van der Waals surface area contributed by atoms with Gasteiger partial charge in [0, 0.05) is 40.4 Å². The fraction of sp³-hybridized carbons (Fsp3) is 0.0870. The molecule has 2 aromatic carbocycles. The van der Waals surface area contributed by atoms with Crippen molar-refractivity contribution in [2.45, 2.75) is 17.5 Å². The van der Waals surface area contributed by atoms with E-state index in [-0.39, 0.29) is 29.1 Å². The molecule has 0 atom stereocenters. The van der Waals surface area contributed by atoms with Crippen LogP contribution in [0.2, 0.25) is 0 Å². The van der Waals surface area contributed by atoms with Crippen LogP contribution in [-0.2, 0) is 12.3 Å². The quantitative estimate of drug-likeness (QED) is 0.130. The van der Waals surface area contributed by atoms with E-state index in [9.17, 15) is 19.7 Å². The number of nitrogens with zero attached hydrogens (tertiary/aromatic N) is 3. The van der Waals surface area contributed by atoms with Gasteiger partial charge in [-0.3, -0.25) is 24.3 Å². The first-order chi connectivity index (χ1) is 15.9. The number of benzene rings is 2. The number of nitro benzene ring substituents is 1. The number of hydrogen-bond donors (Lipinski definition) is 1. The van der Waals surface area contributed by atoms with Crippen LogP contribution in [-0.4, -0.2) is 20.4 Å². The van der Waals surface area contributed by atoms with Crippen LogP contribution in [0.1, 0.15) is 15.9 Å². The Morgan fingerprint density at radius 1 is 1.27 bits per heavy atom. The molecule has 0 saturated heterocycles. The molecule has 166 valence electrons. The molecule has 0 aliphatic heterocycles. The molecule has 0 radical (unpaired) electrons. The zero-order valence-corrected chi connectivity index (χ0v) is 18.9. The predicted octanol–water partition coefficient (Wildman–Crippen LogP) is 4.61. The molecular formula is C23H18N4O4S2. The number of carbonyl (C=O) groups excluding carboxylic acids is 1. The Labute approximate surface area is 196 Å². The Bertz CT molecular complexity index is 1440. The first kappa shape index (κ1) is 22.4. The summed E-state index contributed by atoms with van der Waals surface area (Å²) in [5.74, 6) is -0.558. The molecule has 33 heavy (non-hydrogen) atoms. The van der Waals surface area contributed by atoms with Gasteiger partial charge in [-0.1, -0.05) is 54.2 Å². The zero-order chi connectivity index (χ0) is 23.5. The van der Waals surface area contributed by atoms with Crippen molar-refractivity contribution in [1.82, 2.24) is 9.55 Å². The average Bonchev–Trinajstić information content (AvgIpc) is 3.24. The number of amides is 1. The Morgan fingerprint density at radius 3 is 2.70 bits per heavy atom. The minimum atomic E-state index is -0.740. The molecule has 0 aliphatic rings. The van der Waals surface area contributed by atoms with E-state index in [0.29, 0.717) is 20.9 Å². The maximum Gasteiger partial charge on any atom is 0.274 e. The van der Waals surface area contributed by atoms with E-state index in [1.165, 1.54) is 39.8 Å². The average molecular weight is 479 g/mol. The maximum absolute atomic E-state index is 13.4. The number of thioether (sulfide) groups is 1. The minimum absolute atomic E-state index is 0.0607. The molecule has 2 aromatic heterocycles. The third kappa shape index (κ3) is 4.43. The van der Waals surface area contributed by atoms with Crippen molar-refractivity contribution < 1.29 is 9.72 Å². The number of carbonyl (C=O) groups is 1. The van der Waals surface area contributed by atoms with Gasteiger partial charge in [0.15, 0.2) is 5.16 Å². The highest BCUT2D eigenvalue weighted by Gasteiger charge is 2.20. The summed E-state index contributed by atoms with van der Waals surface area (Å²) in [5.41, 5.74) is 7.04. The van der Waals surface area contributed by atoms with Gasteiger partial charge in [-0.05, 0) is 11.6 Å². The lowest BCUT2D eigenvalue weighted by Crippen LogP contribution is -2.22. The topological polar surface area (TPSA) is 121 Å². The Kier molecular flexibility index (Phi) is 6.38. The van der Waals surface area contributed by atoms with Crippen molar-refractivity contribution in [2.24, 2.45) is 5.73 Å². The summed E-state index contributed by atoms with van der Waals surface area (Å²) in [4.78, 5) is 41.0. The van der Waals surface area contributed by atoms with Crippen molar-refractivity contribution in [1.29, 1.82) is 0 Å². The molecule has 0 bridgehead atoms. The van der Waals surface area contributed by atoms with Gasteiger partial charge >= 0.3 is 0 Å². The van der Waals surface area contributed by atoms with Crippen LogP contribution in [0.3, 0.4) is 0 Å². The molecular weight excluding hydrogens is 460 g/mol. The van der Waals surface area contributed by atoms with Crippen molar-refractivity contribution in [3.8, 4) is 11.1 Å². The van der Waals surface area contributed by atoms with Gasteiger partial charge in [-0.2, -0.15) is 0 Å². The Hall–Kier alpha value is -3.76. The fourth-order valence-electron chi connectivity index (χ4n) is 3.39. The molecule has 0 saturated carbocycles. The molecule has 0 fully saturated rings. The third-order valence-corrected chi connectivity index (χ3v) is 6.88. The minimum Gasteiger partial charge on any atom is -0.366 e. The molecule has 4 aromatic rings. The summed E-state index contributed by atoms with van der Waals surface area (Å²) >= 11 is 2.59. The summed E-state index contributed by atoms with van der Waals surface area (Å²) < 4.78 is 1.52. The number of fused-ring (bicyclic) bond motifs is 1. The molecule has 4 rings (SSSR count). The monoisotopic (exact) mass is 478 g/mol. The number of hydrogen-bond acceptors (Lipinski definition) is 7. The highest BCUT2D eigenvalue weighted by Crippen LogP contribution is 2.33. The number of thiophene rings is 1. The van der Waals surface area contributed by atoms with Gasteiger partial charge in [0.05, 0.1) is 10.3 Å². The van der Waals surface area contributed by atoms with E-state index in [4.69, 9.17) is 5.73 Å². The lowest BCUT2D eigenvalue weighted by molar-refractivity contribution is -0.385. The number of nitro groups is 1. The summed E-state index contributed by atoms with van der Waals surface area (Å²) in [6.45, 7) is 3.99. The van der Waals surface area contributed by atoms with E-state index in [0.717, 1.165) is 17.2 Å². The highest BCUT2D eigenvalue weighted by molar-refractivity contribution is 7.98. The second kappa shape index (κ2) is 9.39. The van der Waals surface area contributed by atoms with Crippen LogP contribution >= 0.6 is 23.1 Å². The van der Waals surface area contributed by atoms with Crippen LogP contribution in [0.25, 0.3) is 21.3 Å². The third-order valence-electron chi connectivity index (χ3n) is 4.98. The van der Waals surface area contributed by atoms with Gasteiger partial charge in [0.2, 0.25) is 5.91 Å². The SMILES string of the molecule is C=CCn1c(SCc2ccc(C(N)=O)cc2[N+](=O)[O-])nc2scc(-c3ccccc3)c2c1=O. The van der Waals surface area contributed by atoms with E-state index in [2.05, 4.69) is 11.6 Å². The van der Waals surface area contributed by atoms with Crippen LogP contribution in [0.15, 0.2) is 76.5 Å². The molecule has 0 spiro atoms. The lowest BCUT2D eigenvalue weighted by Gasteiger charge is -2.11. The van der Waals surface area contributed by atoms with Crippen molar-refractivity contribution in [3.05, 3.63) is 98.2 Å². The standard InChI is InChI=1S/C23H18N4O4S2/c1-2-10-26-22(29)19-17(14-6-4-3-5-7-14)13-32-21(19)25-23(26)33-12-16-9-8-15(20(24)28)11-18(16)27(30)31/h2-9,11,13H,1,10,12H2,(H2,24,28). The first-order valence-corrected chi connectivity index (χ1v) is 11.7. The zero-order valence-electron chi connectivity index (χ0n) is 17.3. The van der Waals surface area contributed by atoms with Gasteiger partial charge in [0.1, 0.15) is 4.83 Å². The summed E-state index contributed by atoms with van der Waals surface area (Å²) in [6, 6.07) is 13.7. The Balaban J connectivity index is 1.75. The van der Waals surface area contributed by atoms with Gasteiger partial charge in [0.25, 0.3) is 11.2 Å². The number of allylic oxidation sites excluding steroid dienone is 1. The smallest absolute Gasteiger partial charge is 0.274 e. The number of primary amides is 1. The number of nitrogens with two attached hydrogens (primary N) is 1. The fourth-order valence-corrected chi connectivity index (χ4v) is 5.38. The van der Waals surface area contributed by atoms with E-state index < -0.39 is 10.8 Å².